The Morgan fingerprint density at radius 2 is 0.926 bits per heavy atom. The molecule has 6 unspecified atom stereocenters. The van der Waals surface area contributed by atoms with Crippen LogP contribution in [0.25, 0.3) is 0 Å². The zero-order chi connectivity index (χ0) is 56.8. The minimum absolute atomic E-state index is 0.0417. The van der Waals surface area contributed by atoms with E-state index < -0.39 is 48.3 Å². The topological polar surface area (TPSA) is 242 Å². The van der Waals surface area contributed by atoms with Crippen LogP contribution in [0.5, 0.6) is 0 Å². The highest BCUT2D eigenvalue weighted by Crippen LogP contribution is 2.35. The summed E-state index contributed by atoms with van der Waals surface area (Å²) in [6.07, 6.45) is 17.2. The summed E-state index contributed by atoms with van der Waals surface area (Å²) in [5, 5.41) is 36.3. The summed E-state index contributed by atoms with van der Waals surface area (Å²) < 4.78 is 3.67. The van der Waals surface area contributed by atoms with Gasteiger partial charge >= 0.3 is 0 Å². The Hall–Kier alpha value is -7.32. The molecule has 20 heteroatoms. The van der Waals surface area contributed by atoms with Crippen LogP contribution in [0.2, 0.25) is 0 Å². The molecule has 9 rings (SSSR count). The maximum absolute atomic E-state index is 14.3. The van der Waals surface area contributed by atoms with E-state index in [0.717, 1.165) is 94.6 Å². The maximum Gasteiger partial charge on any atom is 0.246 e. The highest BCUT2D eigenvalue weighted by molar-refractivity contribution is 5.95. The summed E-state index contributed by atoms with van der Waals surface area (Å²) in [7, 11) is 3.42. The van der Waals surface area contributed by atoms with Crippen molar-refractivity contribution >= 4 is 35.4 Å². The average molecular weight is 1110 g/mol. The molecule has 5 aromatic rings. The van der Waals surface area contributed by atoms with E-state index in [2.05, 4.69) is 76.8 Å². The first-order chi connectivity index (χ1) is 39.4. The smallest absolute Gasteiger partial charge is 0.246 e. The summed E-state index contributed by atoms with van der Waals surface area (Å²) in [5.41, 5.74) is 5.52. The van der Waals surface area contributed by atoms with Gasteiger partial charge in [-0.15, -0.1) is 10.2 Å². The van der Waals surface area contributed by atoms with Crippen molar-refractivity contribution in [2.45, 2.75) is 197 Å². The molecule has 0 spiro atoms. The van der Waals surface area contributed by atoms with E-state index in [4.69, 9.17) is 0 Å². The Balaban J connectivity index is 0.731. The number of hydrogen-bond donors (Lipinski definition) is 6. The highest BCUT2D eigenvalue weighted by atomic mass is 16.2. The van der Waals surface area contributed by atoms with Gasteiger partial charge in [0, 0.05) is 25.2 Å². The number of likely N-dealkylation sites (N-methyl/N-ethyl adjacent to an activating group) is 2. The van der Waals surface area contributed by atoms with Gasteiger partial charge in [0.05, 0.1) is 36.6 Å². The standard InChI is InChI=1S/C61H82N14O6/c1-40(62-3)56(76)64-48-26-12-11-24-46-32-34-52(74(46)60(48)80)58(78)66-54(44-20-7-5-8-21-44)50-38-72(70-68-50)36-15-13-18-42-28-30-43(31-29-42)19-14-16-37-73-39-51(69-71-73)55(45-22-9-6-10-23-45)67-59(79)53-35-33-47-25-17-27-49(61(81)75(47)53)65-57(77)41(2)63-4/h5-10,20-23,28-31,38-41,46-49,52-55,62-63H,11-19,24-27,32-37H2,1-4H3,(H,64,76)(H,65,77)(H,66,78)(H,67,79)/t40-,41+,46?,47?,48?,49?,52?,53?,54-,55-/m0/s1. The van der Waals surface area contributed by atoms with Crippen molar-refractivity contribution in [2.24, 2.45) is 0 Å². The van der Waals surface area contributed by atoms with Crippen LogP contribution in [0.1, 0.15) is 156 Å². The van der Waals surface area contributed by atoms with Crippen molar-refractivity contribution in [1.29, 1.82) is 0 Å². The van der Waals surface area contributed by atoms with Crippen molar-refractivity contribution < 1.29 is 28.8 Å². The van der Waals surface area contributed by atoms with Crippen LogP contribution in [0.4, 0.5) is 0 Å². The molecule has 3 aromatic carbocycles. The van der Waals surface area contributed by atoms with Crippen LogP contribution in [0.15, 0.2) is 97.3 Å². The van der Waals surface area contributed by atoms with Crippen molar-refractivity contribution in [1.82, 2.24) is 71.7 Å². The van der Waals surface area contributed by atoms with E-state index in [1.165, 1.54) is 11.1 Å². The van der Waals surface area contributed by atoms with Crippen molar-refractivity contribution in [2.75, 3.05) is 14.1 Å². The number of aromatic nitrogens is 6. The summed E-state index contributed by atoms with van der Waals surface area (Å²) in [6, 6.07) is 23.5. The third-order valence-corrected chi connectivity index (χ3v) is 17.1. The Labute approximate surface area is 475 Å². The van der Waals surface area contributed by atoms with E-state index in [1.54, 1.807) is 37.7 Å². The van der Waals surface area contributed by atoms with Gasteiger partial charge in [0.25, 0.3) is 0 Å². The van der Waals surface area contributed by atoms with Gasteiger partial charge in [-0.2, -0.15) is 0 Å². The van der Waals surface area contributed by atoms with Crippen LogP contribution in [-0.2, 0) is 54.7 Å². The van der Waals surface area contributed by atoms with Gasteiger partial charge in [0.2, 0.25) is 35.4 Å². The lowest BCUT2D eigenvalue weighted by Gasteiger charge is -2.36. The number of benzene rings is 3. The van der Waals surface area contributed by atoms with Gasteiger partial charge in [-0.3, -0.25) is 38.1 Å². The first-order valence-electron chi connectivity index (χ1n) is 29.6. The first kappa shape index (κ1) is 58.3. The number of hydrogen-bond acceptors (Lipinski definition) is 12. The number of nitrogens with zero attached hydrogens (tertiary/aromatic N) is 8. The fourth-order valence-electron chi connectivity index (χ4n) is 12.1. The highest BCUT2D eigenvalue weighted by Gasteiger charge is 2.47. The average Bonchev–Trinajstić information content (AvgIpc) is 4.41. The normalized spacial score (nSPS) is 22.5. The maximum atomic E-state index is 14.3. The molecule has 432 valence electrons. The van der Waals surface area contributed by atoms with Gasteiger partial charge in [-0.25, -0.2) is 0 Å². The Morgan fingerprint density at radius 3 is 1.36 bits per heavy atom. The molecular weight excluding hydrogens is 1020 g/mol. The lowest BCUT2D eigenvalue weighted by molar-refractivity contribution is -0.144. The number of carbonyl (C=O) groups is 6. The van der Waals surface area contributed by atoms with Crippen molar-refractivity contribution in [3.63, 3.8) is 0 Å². The molecule has 81 heavy (non-hydrogen) atoms. The molecule has 10 atom stereocenters. The van der Waals surface area contributed by atoms with Gasteiger partial charge in [0.15, 0.2) is 0 Å². The monoisotopic (exact) mass is 1110 g/mol. The van der Waals surface area contributed by atoms with E-state index in [1.807, 2.05) is 82.4 Å². The van der Waals surface area contributed by atoms with E-state index in [9.17, 15) is 28.8 Å². The Morgan fingerprint density at radius 1 is 0.519 bits per heavy atom. The molecule has 4 saturated heterocycles. The second-order valence-corrected chi connectivity index (χ2v) is 22.6. The molecule has 4 fully saturated rings. The van der Waals surface area contributed by atoms with E-state index in [0.29, 0.717) is 50.2 Å². The van der Waals surface area contributed by atoms with Crippen LogP contribution in [-0.4, -0.2) is 138 Å². The van der Waals surface area contributed by atoms with Gasteiger partial charge in [-0.1, -0.05) is 108 Å². The lowest BCUT2D eigenvalue weighted by Crippen LogP contribution is -2.58. The number of unbranched alkanes of at least 4 members (excludes halogenated alkanes) is 2. The fraction of sp³-hybridized carbons (Fsp3) is 0.541. The van der Waals surface area contributed by atoms with Gasteiger partial charge < -0.3 is 41.7 Å². The van der Waals surface area contributed by atoms with Crippen LogP contribution in [0.3, 0.4) is 0 Å². The van der Waals surface area contributed by atoms with Crippen LogP contribution >= 0.6 is 0 Å². The first-order valence-corrected chi connectivity index (χ1v) is 29.6. The predicted molar refractivity (Wildman–Crippen MR) is 306 cm³/mol. The summed E-state index contributed by atoms with van der Waals surface area (Å²) in [4.78, 5) is 85.6. The Bertz CT molecular complexity index is 2900. The van der Waals surface area contributed by atoms with Crippen LogP contribution in [0, 0.1) is 0 Å². The van der Waals surface area contributed by atoms with E-state index >= 15 is 0 Å². The number of fused-ring (bicyclic) bond motifs is 2. The number of aryl methyl sites for hydroxylation is 4. The number of carbonyl (C=O) groups excluding carboxylic acids is 6. The molecule has 6 heterocycles. The molecule has 20 nitrogen and oxygen atoms in total. The molecule has 0 radical (unpaired) electrons. The zero-order valence-electron chi connectivity index (χ0n) is 47.5. The number of rotatable bonds is 24. The molecule has 6 N–H and O–H groups in total. The van der Waals surface area contributed by atoms with Gasteiger partial charge in [-0.05, 0) is 147 Å². The molecule has 0 bridgehead atoms. The van der Waals surface area contributed by atoms with Crippen molar-refractivity contribution in [3.8, 4) is 0 Å². The molecule has 6 amide bonds. The molecular formula is C61H82N14O6. The predicted octanol–water partition coefficient (Wildman–Crippen LogP) is 4.99. The number of amides is 6. The summed E-state index contributed by atoms with van der Waals surface area (Å²) in [6.45, 7) is 4.86. The molecule has 0 aliphatic carbocycles. The van der Waals surface area contributed by atoms with Crippen molar-refractivity contribution in [3.05, 3.63) is 131 Å². The minimum atomic E-state index is -0.675. The Kier molecular flexibility index (Phi) is 20.1. The third-order valence-electron chi connectivity index (χ3n) is 17.1. The summed E-state index contributed by atoms with van der Waals surface area (Å²) in [5.74, 6) is -1.32. The fourth-order valence-corrected chi connectivity index (χ4v) is 12.1. The SMILES string of the molecule is CN[C@@H](C)C(=O)NC1CCCCC2CCC(C(=O)N[C@@H](c3ccccc3)c3cn(CCCCc4ccc(CCCCn5cc([C@@H](NC(=O)C6CCC7CCCC(NC(=O)[C@@H](C)NC)C(=O)N76)c6ccccc6)nn5)cc4)nn3)N2C1=O. The second-order valence-electron chi connectivity index (χ2n) is 22.6. The van der Waals surface area contributed by atoms with Gasteiger partial charge in [0.1, 0.15) is 35.6 Å². The van der Waals surface area contributed by atoms with E-state index in [-0.39, 0.29) is 47.5 Å². The summed E-state index contributed by atoms with van der Waals surface area (Å²) >= 11 is 0. The minimum Gasteiger partial charge on any atom is -0.343 e. The quantitative estimate of drug-likeness (QED) is 0.0448. The molecule has 0 saturated carbocycles. The van der Waals surface area contributed by atoms with Crippen LogP contribution < -0.4 is 31.9 Å². The largest absolute Gasteiger partial charge is 0.343 e. The molecule has 4 aliphatic rings. The zero-order valence-corrected chi connectivity index (χ0v) is 47.5. The second kappa shape index (κ2) is 27.9. The number of nitrogens with one attached hydrogen (secondary N) is 6. The molecule has 4 aliphatic heterocycles. The lowest BCUT2D eigenvalue weighted by atomic mass is 9.98. The third kappa shape index (κ3) is 14.6. The molecule has 2 aromatic heterocycles.